The molecule has 1 aliphatic rings. The summed E-state index contributed by atoms with van der Waals surface area (Å²) in [5.74, 6) is 1.91. The standard InChI is InChI=1S/C12H8N2OS.C9H18NO3PS2/c1-2-5-9(6-3-1)11-13-12(15-14-11)10-7-4-8-16-10;1-4-8(3)16-14(12,13-5-2)10-6-7-15-9(10)11/h1-8H;8H,4-7H2,1-3H3. The molecule has 7 nitrogen and oxygen atoms in total. The van der Waals surface area contributed by atoms with Crippen LogP contribution in [-0.2, 0) is 9.09 Å². The van der Waals surface area contributed by atoms with E-state index in [0.29, 0.717) is 30.6 Å². The van der Waals surface area contributed by atoms with Crippen molar-refractivity contribution in [2.75, 3.05) is 18.9 Å². The third kappa shape index (κ3) is 6.48. The molecule has 4 rings (SSSR count). The summed E-state index contributed by atoms with van der Waals surface area (Å²) in [6.45, 7) is 3.73. The summed E-state index contributed by atoms with van der Waals surface area (Å²) < 4.78 is 24.6. The van der Waals surface area contributed by atoms with E-state index in [0.717, 1.165) is 16.9 Å². The molecule has 3 aromatic rings. The van der Waals surface area contributed by atoms with Gasteiger partial charge in [0, 0.05) is 23.1 Å². The van der Waals surface area contributed by atoms with E-state index >= 15 is 0 Å². The highest BCUT2D eigenvalue weighted by Gasteiger charge is 2.40. The van der Waals surface area contributed by atoms with Gasteiger partial charge in [-0.2, -0.15) is 4.98 Å². The molecule has 0 radical (unpaired) electrons. The van der Waals surface area contributed by atoms with Gasteiger partial charge in [0.2, 0.25) is 5.82 Å². The number of aromatic nitrogens is 2. The molecule has 2 unspecified atom stereocenters. The van der Waals surface area contributed by atoms with Crippen LogP contribution in [-0.4, -0.2) is 44.2 Å². The van der Waals surface area contributed by atoms with Crippen LogP contribution in [0.3, 0.4) is 0 Å². The van der Waals surface area contributed by atoms with Crippen molar-refractivity contribution in [2.24, 2.45) is 0 Å². The Bertz CT molecular complexity index is 1030. The Kier molecular flexibility index (Phi) is 9.43. The molecule has 1 fully saturated rings. The fourth-order valence-corrected chi connectivity index (χ4v) is 9.69. The van der Waals surface area contributed by atoms with Gasteiger partial charge in [-0.1, -0.05) is 67.2 Å². The Balaban J connectivity index is 0.000000181. The number of thiophene rings is 1. The van der Waals surface area contributed by atoms with E-state index in [4.69, 9.17) is 9.05 Å². The maximum atomic E-state index is 12.6. The van der Waals surface area contributed by atoms with Crippen LogP contribution in [0.1, 0.15) is 27.2 Å². The highest BCUT2D eigenvalue weighted by molar-refractivity contribution is 8.56. The van der Waals surface area contributed by atoms with E-state index < -0.39 is 6.72 Å². The van der Waals surface area contributed by atoms with E-state index in [1.165, 1.54) is 27.8 Å². The maximum absolute atomic E-state index is 12.6. The first-order valence-corrected chi connectivity index (χ1v) is 15.2. The van der Waals surface area contributed by atoms with Gasteiger partial charge in [-0.15, -0.1) is 11.3 Å². The Morgan fingerprint density at radius 3 is 2.62 bits per heavy atom. The van der Waals surface area contributed by atoms with Gasteiger partial charge in [-0.3, -0.25) is 14.0 Å². The van der Waals surface area contributed by atoms with Crippen LogP contribution in [0.4, 0.5) is 4.79 Å². The van der Waals surface area contributed by atoms with E-state index in [-0.39, 0.29) is 10.5 Å². The molecule has 3 heterocycles. The number of carbonyl (C=O) groups is 1. The molecule has 0 spiro atoms. The van der Waals surface area contributed by atoms with Gasteiger partial charge in [0.1, 0.15) is 0 Å². The molecule has 172 valence electrons. The molecule has 11 heteroatoms. The Morgan fingerprint density at radius 2 is 2.03 bits per heavy atom. The largest absolute Gasteiger partial charge is 0.356 e. The van der Waals surface area contributed by atoms with E-state index in [9.17, 15) is 9.36 Å². The molecular formula is C21H26N3O4PS3. The smallest absolute Gasteiger partial charge is 0.333 e. The summed E-state index contributed by atoms with van der Waals surface area (Å²) in [5.41, 5.74) is 0.967. The van der Waals surface area contributed by atoms with Crippen LogP contribution in [0.5, 0.6) is 0 Å². The minimum atomic E-state index is -3.02. The first-order chi connectivity index (χ1) is 15.5. The normalized spacial score (nSPS) is 16.3. The predicted octanol–water partition coefficient (Wildman–Crippen LogP) is 7.30. The number of amides is 1. The molecule has 1 saturated heterocycles. The minimum absolute atomic E-state index is 0.118. The second-order valence-corrected chi connectivity index (χ2v) is 13.4. The summed E-state index contributed by atoms with van der Waals surface area (Å²) in [6, 6.07) is 13.7. The Labute approximate surface area is 200 Å². The molecule has 1 amide bonds. The number of thioether (sulfide) groups is 1. The molecule has 1 aromatic carbocycles. The van der Waals surface area contributed by atoms with Crippen LogP contribution in [0.15, 0.2) is 52.4 Å². The monoisotopic (exact) mass is 511 g/mol. The molecule has 0 saturated carbocycles. The van der Waals surface area contributed by atoms with Crippen LogP contribution in [0, 0.1) is 0 Å². The van der Waals surface area contributed by atoms with E-state index in [1.54, 1.807) is 18.3 Å². The second kappa shape index (κ2) is 12.0. The second-order valence-electron chi connectivity index (χ2n) is 6.71. The van der Waals surface area contributed by atoms with Gasteiger partial charge in [0.05, 0.1) is 11.5 Å². The van der Waals surface area contributed by atoms with Crippen molar-refractivity contribution >= 4 is 46.4 Å². The van der Waals surface area contributed by atoms with Gasteiger partial charge in [0.25, 0.3) is 11.1 Å². The number of benzene rings is 1. The zero-order valence-corrected chi connectivity index (χ0v) is 21.5. The van der Waals surface area contributed by atoms with E-state index in [1.807, 2.05) is 61.7 Å². The molecular weight excluding hydrogens is 485 g/mol. The Hall–Kier alpha value is -1.58. The fourth-order valence-electron chi connectivity index (χ4n) is 2.66. The lowest BCUT2D eigenvalue weighted by Gasteiger charge is -2.27. The van der Waals surface area contributed by atoms with E-state index in [2.05, 4.69) is 10.1 Å². The molecule has 1 aliphatic heterocycles. The van der Waals surface area contributed by atoms with Gasteiger partial charge in [-0.25, -0.2) is 0 Å². The topological polar surface area (TPSA) is 85.5 Å². The van der Waals surface area contributed by atoms with Crippen molar-refractivity contribution in [1.29, 1.82) is 0 Å². The van der Waals surface area contributed by atoms with Crippen LogP contribution in [0.2, 0.25) is 0 Å². The van der Waals surface area contributed by atoms with Crippen molar-refractivity contribution in [1.82, 2.24) is 14.8 Å². The average molecular weight is 512 g/mol. The van der Waals surface area contributed by atoms with Crippen molar-refractivity contribution < 1.29 is 18.4 Å². The van der Waals surface area contributed by atoms with Crippen LogP contribution in [0.25, 0.3) is 22.2 Å². The van der Waals surface area contributed by atoms with Crippen molar-refractivity contribution in [3.05, 3.63) is 47.8 Å². The number of hydrogen-bond acceptors (Lipinski definition) is 9. The molecule has 0 N–H and O–H groups in total. The highest BCUT2D eigenvalue weighted by atomic mass is 32.7. The third-order valence-electron chi connectivity index (χ3n) is 4.41. The first-order valence-electron chi connectivity index (χ1n) is 10.3. The first kappa shape index (κ1) is 25.1. The van der Waals surface area contributed by atoms with Gasteiger partial charge in [-0.05, 0) is 36.2 Å². The SMILES string of the molecule is CCOP(=O)(SC(C)CC)N1CCSC1=O.c1ccc(-c2noc(-c3cccs3)n2)cc1. The zero-order valence-electron chi connectivity index (χ0n) is 18.2. The quantitative estimate of drug-likeness (QED) is 0.291. The summed E-state index contributed by atoms with van der Waals surface area (Å²) in [7, 11) is 0. The Morgan fingerprint density at radius 1 is 1.25 bits per heavy atom. The summed E-state index contributed by atoms with van der Waals surface area (Å²) in [4.78, 5) is 16.9. The summed E-state index contributed by atoms with van der Waals surface area (Å²) in [5, 5.41) is 6.07. The molecule has 0 aliphatic carbocycles. The molecule has 2 atom stereocenters. The minimum Gasteiger partial charge on any atom is -0.333 e. The highest BCUT2D eigenvalue weighted by Crippen LogP contribution is 2.65. The van der Waals surface area contributed by atoms with Crippen LogP contribution < -0.4 is 0 Å². The number of carbonyl (C=O) groups excluding carboxylic acids is 1. The average Bonchev–Trinajstić information content (AvgIpc) is 3.56. The van der Waals surface area contributed by atoms with Crippen molar-refractivity contribution in [3.8, 4) is 22.2 Å². The van der Waals surface area contributed by atoms with Crippen LogP contribution >= 0.6 is 41.2 Å². The third-order valence-corrected chi connectivity index (χ3v) is 11.6. The summed E-state index contributed by atoms with van der Waals surface area (Å²) in [6.07, 6.45) is 0.914. The predicted molar refractivity (Wildman–Crippen MR) is 134 cm³/mol. The van der Waals surface area contributed by atoms with Crippen molar-refractivity contribution in [2.45, 2.75) is 32.4 Å². The molecule has 2 aromatic heterocycles. The zero-order chi connectivity index (χ0) is 23.0. The lowest BCUT2D eigenvalue weighted by atomic mass is 10.2. The van der Waals surface area contributed by atoms with Gasteiger partial charge in [0.15, 0.2) is 0 Å². The number of rotatable bonds is 8. The van der Waals surface area contributed by atoms with Crippen molar-refractivity contribution in [3.63, 3.8) is 0 Å². The summed E-state index contributed by atoms with van der Waals surface area (Å²) >= 11 is 4.10. The van der Waals surface area contributed by atoms with Gasteiger partial charge < -0.3 is 9.05 Å². The maximum Gasteiger partial charge on any atom is 0.356 e. The lowest BCUT2D eigenvalue weighted by Crippen LogP contribution is -2.20. The number of nitrogens with zero attached hydrogens (tertiary/aromatic N) is 3. The molecule has 32 heavy (non-hydrogen) atoms. The van der Waals surface area contributed by atoms with Gasteiger partial charge >= 0.3 is 6.72 Å². The lowest BCUT2D eigenvalue weighted by molar-refractivity contribution is 0.241. The fraction of sp³-hybridized carbons (Fsp3) is 0.381. The number of hydrogen-bond donors (Lipinski definition) is 0. The molecule has 0 bridgehead atoms.